The summed E-state index contributed by atoms with van der Waals surface area (Å²) in [5.41, 5.74) is 2.34. The SMILES string of the molecule is CC1Cc2c(ccc3c(=O)c4ccccc4oc23)O1. The van der Waals surface area contributed by atoms with Gasteiger partial charge in [0.25, 0.3) is 0 Å². The molecule has 4 rings (SSSR count). The predicted molar refractivity (Wildman–Crippen MR) is 73.8 cm³/mol. The quantitative estimate of drug-likeness (QED) is 0.576. The molecule has 0 aliphatic carbocycles. The van der Waals surface area contributed by atoms with E-state index < -0.39 is 0 Å². The van der Waals surface area contributed by atoms with E-state index in [9.17, 15) is 4.79 Å². The van der Waals surface area contributed by atoms with Crippen LogP contribution in [0.5, 0.6) is 5.75 Å². The third-order valence-electron chi connectivity index (χ3n) is 3.63. The van der Waals surface area contributed by atoms with Crippen LogP contribution in [0.25, 0.3) is 21.9 Å². The average molecular weight is 252 g/mol. The number of hydrogen-bond donors (Lipinski definition) is 0. The van der Waals surface area contributed by atoms with Gasteiger partial charge in [-0.1, -0.05) is 12.1 Å². The van der Waals surface area contributed by atoms with Gasteiger partial charge in [-0.05, 0) is 31.2 Å². The van der Waals surface area contributed by atoms with Crippen LogP contribution < -0.4 is 10.2 Å². The normalized spacial score (nSPS) is 17.6. The molecule has 3 nitrogen and oxygen atoms in total. The van der Waals surface area contributed by atoms with Gasteiger partial charge in [-0.25, -0.2) is 0 Å². The Balaban J connectivity index is 2.20. The van der Waals surface area contributed by atoms with Crippen molar-refractivity contribution < 1.29 is 9.15 Å². The first-order chi connectivity index (χ1) is 9.24. The van der Waals surface area contributed by atoms with Gasteiger partial charge >= 0.3 is 0 Å². The molecule has 0 saturated heterocycles. The Morgan fingerprint density at radius 1 is 1.11 bits per heavy atom. The molecule has 0 fully saturated rings. The molecule has 1 unspecified atom stereocenters. The largest absolute Gasteiger partial charge is 0.490 e. The highest BCUT2D eigenvalue weighted by Crippen LogP contribution is 2.35. The fourth-order valence-corrected chi connectivity index (χ4v) is 2.75. The molecular formula is C16H12O3. The summed E-state index contributed by atoms with van der Waals surface area (Å²) in [6.07, 6.45) is 0.922. The van der Waals surface area contributed by atoms with Crippen LogP contribution in [0, 0.1) is 0 Å². The molecule has 0 bridgehead atoms. The van der Waals surface area contributed by atoms with Crippen LogP contribution in [0.2, 0.25) is 0 Å². The van der Waals surface area contributed by atoms with Gasteiger partial charge in [0, 0.05) is 12.0 Å². The van der Waals surface area contributed by atoms with E-state index in [1.807, 2.05) is 31.2 Å². The zero-order valence-corrected chi connectivity index (χ0v) is 10.5. The lowest BCUT2D eigenvalue weighted by Crippen LogP contribution is -2.05. The third-order valence-corrected chi connectivity index (χ3v) is 3.63. The van der Waals surface area contributed by atoms with E-state index in [4.69, 9.17) is 9.15 Å². The molecule has 94 valence electrons. The van der Waals surface area contributed by atoms with Crippen molar-refractivity contribution in [2.75, 3.05) is 0 Å². The molecule has 3 aromatic rings. The number of para-hydroxylation sites is 1. The van der Waals surface area contributed by atoms with E-state index in [1.54, 1.807) is 12.1 Å². The van der Waals surface area contributed by atoms with Gasteiger partial charge in [-0.15, -0.1) is 0 Å². The van der Waals surface area contributed by atoms with Crippen molar-refractivity contribution in [1.29, 1.82) is 0 Å². The Hall–Kier alpha value is -2.29. The Morgan fingerprint density at radius 3 is 2.84 bits per heavy atom. The predicted octanol–water partition coefficient (Wildman–Crippen LogP) is 3.27. The van der Waals surface area contributed by atoms with Crippen LogP contribution in [0.15, 0.2) is 45.6 Å². The molecule has 0 saturated carbocycles. The van der Waals surface area contributed by atoms with Crippen molar-refractivity contribution in [2.45, 2.75) is 19.4 Å². The van der Waals surface area contributed by atoms with Gasteiger partial charge in [0.15, 0.2) is 0 Å². The second-order valence-corrected chi connectivity index (χ2v) is 4.98. The molecule has 1 aliphatic heterocycles. The summed E-state index contributed by atoms with van der Waals surface area (Å²) in [7, 11) is 0. The number of benzene rings is 2. The molecule has 0 N–H and O–H groups in total. The van der Waals surface area contributed by atoms with Crippen LogP contribution in [0.3, 0.4) is 0 Å². The summed E-state index contributed by atoms with van der Waals surface area (Å²) in [5, 5.41) is 1.26. The van der Waals surface area contributed by atoms with Crippen LogP contribution in [-0.2, 0) is 6.42 Å². The smallest absolute Gasteiger partial charge is 0.200 e. The highest BCUT2D eigenvalue weighted by molar-refractivity contribution is 5.92. The number of hydrogen-bond acceptors (Lipinski definition) is 3. The van der Waals surface area contributed by atoms with E-state index in [1.165, 1.54) is 0 Å². The Kier molecular flexibility index (Phi) is 2.01. The topological polar surface area (TPSA) is 39.4 Å². The zero-order valence-electron chi connectivity index (χ0n) is 10.5. The van der Waals surface area contributed by atoms with E-state index in [0.29, 0.717) is 21.9 Å². The standard InChI is InChI=1S/C16H12O3/c1-9-8-12-14(18-9)7-6-11-15(17)10-4-2-3-5-13(10)19-16(11)12/h2-7,9H,8H2,1H3. The molecule has 19 heavy (non-hydrogen) atoms. The fourth-order valence-electron chi connectivity index (χ4n) is 2.75. The summed E-state index contributed by atoms with van der Waals surface area (Å²) >= 11 is 0. The third kappa shape index (κ3) is 1.41. The maximum absolute atomic E-state index is 12.5. The first kappa shape index (κ1) is 10.6. The van der Waals surface area contributed by atoms with Crippen molar-refractivity contribution in [3.05, 3.63) is 52.2 Å². The molecule has 1 aliphatic rings. The van der Waals surface area contributed by atoms with E-state index in [2.05, 4.69) is 0 Å². The van der Waals surface area contributed by atoms with Crippen LogP contribution in [-0.4, -0.2) is 6.10 Å². The monoisotopic (exact) mass is 252 g/mol. The maximum atomic E-state index is 12.5. The number of rotatable bonds is 0. The van der Waals surface area contributed by atoms with Crippen molar-refractivity contribution in [3.8, 4) is 5.75 Å². The molecule has 0 amide bonds. The highest BCUT2D eigenvalue weighted by Gasteiger charge is 2.24. The molecule has 3 heteroatoms. The number of ether oxygens (including phenoxy) is 1. The minimum Gasteiger partial charge on any atom is -0.490 e. The zero-order chi connectivity index (χ0) is 13.0. The van der Waals surface area contributed by atoms with Crippen LogP contribution in [0.4, 0.5) is 0 Å². The summed E-state index contributed by atoms with van der Waals surface area (Å²) in [4.78, 5) is 12.5. The maximum Gasteiger partial charge on any atom is 0.200 e. The second-order valence-electron chi connectivity index (χ2n) is 4.98. The molecule has 2 heterocycles. The summed E-state index contributed by atoms with van der Waals surface area (Å²) in [5.74, 6) is 0.832. The van der Waals surface area contributed by atoms with Gasteiger partial charge in [0.05, 0.1) is 10.8 Å². The lowest BCUT2D eigenvalue weighted by Gasteiger charge is -2.04. The van der Waals surface area contributed by atoms with E-state index in [-0.39, 0.29) is 11.5 Å². The van der Waals surface area contributed by atoms with Crippen molar-refractivity contribution >= 4 is 21.9 Å². The van der Waals surface area contributed by atoms with Gasteiger partial charge in [0.1, 0.15) is 23.0 Å². The Bertz CT molecular complexity index is 861. The second kappa shape index (κ2) is 3.60. The average Bonchev–Trinajstić information content (AvgIpc) is 2.80. The van der Waals surface area contributed by atoms with Crippen LogP contribution in [0.1, 0.15) is 12.5 Å². The summed E-state index contributed by atoms with van der Waals surface area (Å²) in [6.45, 7) is 2.02. The minimum atomic E-state index is 0.0270. The lowest BCUT2D eigenvalue weighted by atomic mass is 10.1. The first-order valence-corrected chi connectivity index (χ1v) is 6.38. The van der Waals surface area contributed by atoms with E-state index >= 15 is 0 Å². The molecule has 2 aromatic carbocycles. The summed E-state index contributed by atoms with van der Waals surface area (Å²) in [6, 6.07) is 11.0. The van der Waals surface area contributed by atoms with E-state index in [0.717, 1.165) is 17.7 Å². The Morgan fingerprint density at radius 2 is 1.95 bits per heavy atom. The highest BCUT2D eigenvalue weighted by atomic mass is 16.5. The molecule has 0 radical (unpaired) electrons. The van der Waals surface area contributed by atoms with Gasteiger partial charge in [-0.2, -0.15) is 0 Å². The number of fused-ring (bicyclic) bond motifs is 4. The molecule has 1 atom stereocenters. The van der Waals surface area contributed by atoms with Gasteiger partial charge < -0.3 is 9.15 Å². The first-order valence-electron chi connectivity index (χ1n) is 6.38. The molecule has 1 aromatic heterocycles. The lowest BCUT2D eigenvalue weighted by molar-refractivity contribution is 0.254. The summed E-state index contributed by atoms with van der Waals surface area (Å²) < 4.78 is 11.6. The van der Waals surface area contributed by atoms with Crippen molar-refractivity contribution in [1.82, 2.24) is 0 Å². The van der Waals surface area contributed by atoms with Gasteiger partial charge in [0.2, 0.25) is 5.43 Å². The van der Waals surface area contributed by atoms with Crippen LogP contribution >= 0.6 is 0 Å². The Labute approximate surface area is 109 Å². The molecular weight excluding hydrogens is 240 g/mol. The van der Waals surface area contributed by atoms with Crippen molar-refractivity contribution in [3.63, 3.8) is 0 Å². The van der Waals surface area contributed by atoms with Gasteiger partial charge in [-0.3, -0.25) is 4.79 Å². The van der Waals surface area contributed by atoms with Crippen molar-refractivity contribution in [2.24, 2.45) is 0 Å². The fraction of sp³-hybridized carbons (Fsp3) is 0.188. The molecule has 0 spiro atoms. The minimum absolute atomic E-state index is 0.0270.